The van der Waals surface area contributed by atoms with E-state index >= 15 is 0 Å². The molecule has 1 aliphatic carbocycles. The van der Waals surface area contributed by atoms with Crippen LogP contribution in [-0.2, 0) is 0 Å². The first-order valence-electron chi connectivity index (χ1n) is 5.89. The van der Waals surface area contributed by atoms with Crippen LogP contribution >= 0.6 is 23.8 Å². The maximum Gasteiger partial charge on any atom is 0.120 e. The molecule has 0 aromatic heterocycles. The molecule has 0 heterocycles. The molecule has 2 N–H and O–H groups in total. The number of halogens is 1. The van der Waals surface area contributed by atoms with Crippen molar-refractivity contribution in [3.05, 3.63) is 28.8 Å². The molecular formula is C13H16ClNOS. The van der Waals surface area contributed by atoms with E-state index in [-0.39, 0.29) is 0 Å². The SMILES string of the molecule is NC(=S)c1ccc(OCCC2CCC2)cc1Cl. The van der Waals surface area contributed by atoms with Gasteiger partial charge in [0.25, 0.3) is 0 Å². The lowest BCUT2D eigenvalue weighted by Gasteiger charge is -2.25. The van der Waals surface area contributed by atoms with Crippen molar-refractivity contribution in [1.29, 1.82) is 0 Å². The predicted molar refractivity (Wildman–Crippen MR) is 74.8 cm³/mol. The monoisotopic (exact) mass is 269 g/mol. The van der Waals surface area contributed by atoms with Crippen molar-refractivity contribution in [2.75, 3.05) is 6.61 Å². The summed E-state index contributed by atoms with van der Waals surface area (Å²) in [6, 6.07) is 5.45. The molecule has 0 radical (unpaired) electrons. The van der Waals surface area contributed by atoms with E-state index in [0.717, 1.165) is 24.7 Å². The van der Waals surface area contributed by atoms with Gasteiger partial charge in [-0.3, -0.25) is 0 Å². The van der Waals surface area contributed by atoms with E-state index in [9.17, 15) is 0 Å². The fourth-order valence-electron chi connectivity index (χ4n) is 1.91. The Morgan fingerprint density at radius 1 is 1.47 bits per heavy atom. The van der Waals surface area contributed by atoms with Crippen molar-refractivity contribution in [1.82, 2.24) is 0 Å². The normalized spacial score (nSPS) is 15.4. The molecule has 4 heteroatoms. The molecule has 1 fully saturated rings. The molecule has 0 atom stereocenters. The fraction of sp³-hybridized carbons (Fsp3) is 0.462. The fourth-order valence-corrected chi connectivity index (χ4v) is 2.42. The molecule has 1 aromatic rings. The van der Waals surface area contributed by atoms with Crippen LogP contribution in [0.3, 0.4) is 0 Å². The topological polar surface area (TPSA) is 35.2 Å². The van der Waals surface area contributed by atoms with Crippen molar-refractivity contribution in [3.8, 4) is 5.75 Å². The molecule has 2 rings (SSSR count). The molecule has 0 aliphatic heterocycles. The molecule has 1 saturated carbocycles. The van der Waals surface area contributed by atoms with Crippen molar-refractivity contribution in [2.24, 2.45) is 11.7 Å². The number of benzene rings is 1. The highest BCUT2D eigenvalue weighted by atomic mass is 35.5. The Labute approximate surface area is 112 Å². The Bertz CT molecular complexity index is 418. The van der Waals surface area contributed by atoms with Crippen LogP contribution < -0.4 is 10.5 Å². The minimum Gasteiger partial charge on any atom is -0.494 e. The average Bonchev–Trinajstić information content (AvgIpc) is 2.21. The second kappa shape index (κ2) is 5.69. The van der Waals surface area contributed by atoms with E-state index in [0.29, 0.717) is 15.6 Å². The number of thiocarbonyl (C=S) groups is 1. The smallest absolute Gasteiger partial charge is 0.120 e. The van der Waals surface area contributed by atoms with Gasteiger partial charge >= 0.3 is 0 Å². The Hall–Kier alpha value is -0.800. The van der Waals surface area contributed by atoms with Crippen LogP contribution in [0.4, 0.5) is 0 Å². The van der Waals surface area contributed by atoms with E-state index < -0.39 is 0 Å². The van der Waals surface area contributed by atoms with Gasteiger partial charge < -0.3 is 10.5 Å². The lowest BCUT2D eigenvalue weighted by Crippen LogP contribution is -2.14. The molecule has 1 aliphatic rings. The van der Waals surface area contributed by atoms with Crippen molar-refractivity contribution < 1.29 is 4.74 Å². The van der Waals surface area contributed by atoms with Gasteiger partial charge in [0.2, 0.25) is 0 Å². The van der Waals surface area contributed by atoms with Gasteiger partial charge in [0.15, 0.2) is 0 Å². The zero-order valence-electron chi connectivity index (χ0n) is 9.62. The van der Waals surface area contributed by atoms with E-state index in [1.807, 2.05) is 12.1 Å². The van der Waals surface area contributed by atoms with E-state index in [1.54, 1.807) is 6.07 Å². The minimum atomic E-state index is 0.316. The summed E-state index contributed by atoms with van der Waals surface area (Å²) in [4.78, 5) is 0.316. The Morgan fingerprint density at radius 3 is 2.76 bits per heavy atom. The summed E-state index contributed by atoms with van der Waals surface area (Å²) in [6.07, 6.45) is 5.21. The van der Waals surface area contributed by atoms with Crippen molar-refractivity contribution in [3.63, 3.8) is 0 Å². The van der Waals surface area contributed by atoms with Crippen LogP contribution in [0.5, 0.6) is 5.75 Å². The van der Waals surface area contributed by atoms with Crippen LogP contribution in [-0.4, -0.2) is 11.6 Å². The summed E-state index contributed by atoms with van der Waals surface area (Å²) in [5, 5.41) is 0.554. The van der Waals surface area contributed by atoms with E-state index in [2.05, 4.69) is 0 Å². The van der Waals surface area contributed by atoms with Crippen molar-refractivity contribution in [2.45, 2.75) is 25.7 Å². The first-order valence-corrected chi connectivity index (χ1v) is 6.67. The quantitative estimate of drug-likeness (QED) is 0.831. The first kappa shape index (κ1) is 12.7. The van der Waals surface area contributed by atoms with Gasteiger partial charge in [0.05, 0.1) is 11.6 Å². The summed E-state index contributed by atoms with van der Waals surface area (Å²) >= 11 is 10.9. The maximum absolute atomic E-state index is 6.06. The first-order chi connectivity index (χ1) is 8.16. The maximum atomic E-state index is 6.06. The Balaban J connectivity index is 1.88. The number of hydrogen-bond acceptors (Lipinski definition) is 2. The van der Waals surface area contributed by atoms with Gasteiger partial charge in [-0.25, -0.2) is 0 Å². The van der Waals surface area contributed by atoms with Gasteiger partial charge in [-0.1, -0.05) is 43.1 Å². The summed E-state index contributed by atoms with van der Waals surface area (Å²) in [5.74, 6) is 1.65. The molecule has 0 spiro atoms. The van der Waals surface area contributed by atoms with Gasteiger partial charge in [0, 0.05) is 5.56 Å². The molecule has 0 unspecified atom stereocenters. The highest BCUT2D eigenvalue weighted by Crippen LogP contribution is 2.29. The van der Waals surface area contributed by atoms with Gasteiger partial charge in [-0.15, -0.1) is 0 Å². The summed E-state index contributed by atoms with van der Waals surface area (Å²) < 4.78 is 5.66. The molecular weight excluding hydrogens is 254 g/mol. The predicted octanol–water partition coefficient (Wildman–Crippen LogP) is 3.54. The van der Waals surface area contributed by atoms with Crippen LogP contribution in [0, 0.1) is 5.92 Å². The van der Waals surface area contributed by atoms with Crippen LogP contribution in [0.1, 0.15) is 31.2 Å². The van der Waals surface area contributed by atoms with Crippen LogP contribution in [0.2, 0.25) is 5.02 Å². The Morgan fingerprint density at radius 2 is 2.24 bits per heavy atom. The molecule has 17 heavy (non-hydrogen) atoms. The molecule has 2 nitrogen and oxygen atoms in total. The summed E-state index contributed by atoms with van der Waals surface area (Å²) in [6.45, 7) is 0.757. The summed E-state index contributed by atoms with van der Waals surface area (Å²) in [7, 11) is 0. The van der Waals surface area contributed by atoms with Crippen molar-refractivity contribution >= 4 is 28.8 Å². The molecule has 1 aromatic carbocycles. The second-order valence-corrected chi connectivity index (χ2v) is 5.29. The number of ether oxygens (including phenoxy) is 1. The lowest BCUT2D eigenvalue weighted by atomic mass is 9.83. The van der Waals surface area contributed by atoms with Gasteiger partial charge in [0.1, 0.15) is 10.7 Å². The zero-order chi connectivity index (χ0) is 12.3. The standard InChI is InChI=1S/C13H16ClNOS/c14-12-8-10(4-5-11(12)13(15)17)16-7-6-9-2-1-3-9/h4-5,8-9H,1-3,6-7H2,(H2,15,17). The largest absolute Gasteiger partial charge is 0.494 e. The van der Waals surface area contributed by atoms with E-state index in [1.165, 1.54) is 19.3 Å². The number of hydrogen-bond donors (Lipinski definition) is 1. The second-order valence-electron chi connectivity index (χ2n) is 4.44. The van der Waals surface area contributed by atoms with E-state index in [4.69, 9.17) is 34.3 Å². The molecule has 0 amide bonds. The third-order valence-electron chi connectivity index (χ3n) is 3.23. The van der Waals surface area contributed by atoms with Gasteiger partial charge in [-0.05, 0) is 30.5 Å². The molecule has 92 valence electrons. The molecule has 0 bridgehead atoms. The Kier molecular flexibility index (Phi) is 4.24. The molecule has 0 saturated heterocycles. The number of rotatable bonds is 5. The third-order valence-corrected chi connectivity index (χ3v) is 3.76. The highest BCUT2D eigenvalue weighted by Gasteiger charge is 2.16. The summed E-state index contributed by atoms with van der Waals surface area (Å²) in [5.41, 5.74) is 6.24. The highest BCUT2D eigenvalue weighted by molar-refractivity contribution is 7.80. The van der Waals surface area contributed by atoms with Crippen LogP contribution in [0.15, 0.2) is 18.2 Å². The minimum absolute atomic E-state index is 0.316. The lowest BCUT2D eigenvalue weighted by molar-refractivity contribution is 0.222. The van der Waals surface area contributed by atoms with Crippen LogP contribution in [0.25, 0.3) is 0 Å². The number of nitrogens with two attached hydrogens (primary N) is 1. The third kappa shape index (κ3) is 3.33. The average molecular weight is 270 g/mol. The zero-order valence-corrected chi connectivity index (χ0v) is 11.2. The van der Waals surface area contributed by atoms with Gasteiger partial charge in [-0.2, -0.15) is 0 Å².